The van der Waals surface area contributed by atoms with Crippen LogP contribution in [0, 0.1) is 94.7 Å². The average molecular weight is 1720 g/mol. The summed E-state index contributed by atoms with van der Waals surface area (Å²) >= 11 is 0. The summed E-state index contributed by atoms with van der Waals surface area (Å²) in [4.78, 5) is 26.5. The summed E-state index contributed by atoms with van der Waals surface area (Å²) in [6.07, 6.45) is 47.1. The van der Waals surface area contributed by atoms with Gasteiger partial charge >= 0.3 is 0 Å². The third-order valence-electron chi connectivity index (χ3n) is 6.78. The van der Waals surface area contributed by atoms with Crippen molar-refractivity contribution in [3.8, 4) is 0 Å². The number of allylic oxidation sites excluding steroid dienone is 5. The maximum atomic E-state index is 4.08. The molecule has 0 spiro atoms. The number of nitrogens with zero attached hydrogens (tertiary/aromatic N) is 13. The fraction of sp³-hybridized carbons (Fsp3) is 0.655. The molecule has 0 atom stereocenters. The molecule has 8 aromatic rings. The Morgan fingerprint density at radius 2 is 0.528 bits per heavy atom. The zero-order chi connectivity index (χ0) is 99.3. The fourth-order valence-corrected chi connectivity index (χ4v) is 3.91. The van der Waals surface area contributed by atoms with E-state index >= 15 is 0 Å². The number of aliphatic imine (C=N–C) groups is 1. The van der Waals surface area contributed by atoms with Gasteiger partial charge in [-0.3, -0.25) is 24.6 Å². The molecule has 2 aliphatic rings. The highest BCUT2D eigenvalue weighted by atomic mass is 15.3. The fourth-order valence-electron chi connectivity index (χ4n) is 3.91. The van der Waals surface area contributed by atoms with Crippen LogP contribution >= 0.6 is 0 Å². The quantitative estimate of drug-likeness (QED) is 0.165. The van der Waals surface area contributed by atoms with Crippen molar-refractivity contribution < 1.29 is 0 Å². The molecule has 0 unspecified atom stereocenters. The van der Waals surface area contributed by atoms with Crippen molar-refractivity contribution in [2.75, 3.05) is 6.54 Å². The molecule has 0 saturated heterocycles. The van der Waals surface area contributed by atoms with Gasteiger partial charge in [0.25, 0.3) is 0 Å². The van der Waals surface area contributed by atoms with E-state index < -0.39 is 0 Å². The van der Waals surface area contributed by atoms with E-state index in [0.717, 1.165) is 113 Å². The summed E-state index contributed by atoms with van der Waals surface area (Å²) in [5.41, 5.74) is 0.998. The Morgan fingerprint density at radius 3 is 0.675 bits per heavy atom. The van der Waals surface area contributed by atoms with Crippen LogP contribution in [0.15, 0.2) is 226 Å². The minimum Gasteiger partial charge on any atom is -0.352 e. The van der Waals surface area contributed by atoms with Crippen LogP contribution in [0.25, 0.3) is 5.65 Å². The minimum absolute atomic E-state index is 0.491. The number of rotatable bonds is 2. The summed E-state index contributed by atoms with van der Waals surface area (Å²) in [6, 6.07) is 24.2. The first kappa shape index (κ1) is 150. The van der Waals surface area contributed by atoms with Gasteiger partial charge in [-0.25, -0.2) is 15.0 Å². The Morgan fingerprint density at radius 1 is 0.236 bits per heavy atom. The predicted octanol–water partition coefficient (Wildman–Crippen LogP) is 36.1. The van der Waals surface area contributed by atoms with Crippen LogP contribution in [0.4, 0.5) is 0 Å². The van der Waals surface area contributed by atoms with Crippen LogP contribution < -0.4 is 0 Å². The van der Waals surface area contributed by atoms with Crippen LogP contribution in [-0.2, 0) is 0 Å². The molecule has 0 saturated carbocycles. The highest BCUT2D eigenvalue weighted by Crippen LogP contribution is 2.03. The Labute approximate surface area is 771 Å². The smallest absolute Gasteiger partial charge is 0.136 e. The normalized spacial score (nSPS) is 9.77. The van der Waals surface area contributed by atoms with Crippen molar-refractivity contribution >= 4 is 11.9 Å². The molecule has 8 aromatic heterocycles. The number of pyridine rings is 2. The van der Waals surface area contributed by atoms with E-state index in [1.807, 2.05) is 107 Å². The zero-order valence-corrected chi connectivity index (χ0v) is 91.5. The molecule has 10 rings (SSSR count). The van der Waals surface area contributed by atoms with E-state index in [9.17, 15) is 0 Å². The van der Waals surface area contributed by atoms with Crippen LogP contribution in [0.1, 0.15) is 379 Å². The lowest BCUT2D eigenvalue weighted by molar-refractivity contribution is 0.532. The van der Waals surface area contributed by atoms with E-state index in [2.05, 4.69) is 451 Å². The minimum atomic E-state index is 0.491. The lowest BCUT2D eigenvalue weighted by Crippen LogP contribution is -1.99. The van der Waals surface area contributed by atoms with Crippen molar-refractivity contribution in [2.45, 2.75) is 379 Å². The van der Waals surface area contributed by atoms with Gasteiger partial charge in [-0.2, -0.15) is 15.3 Å². The third kappa shape index (κ3) is 338. The van der Waals surface area contributed by atoms with Crippen LogP contribution in [0.5, 0.6) is 0 Å². The molecule has 13 nitrogen and oxygen atoms in total. The summed E-state index contributed by atoms with van der Waals surface area (Å²) in [7, 11) is 0. The first-order valence-electron chi connectivity index (χ1n) is 46.7. The van der Waals surface area contributed by atoms with Crippen molar-refractivity contribution in [3.05, 3.63) is 221 Å². The van der Waals surface area contributed by atoms with E-state index in [0.29, 0.717) is 12.1 Å². The lowest BCUT2D eigenvalue weighted by atomic mass is 10.3. The molecule has 9 heterocycles. The Bertz CT molecular complexity index is 2380. The summed E-state index contributed by atoms with van der Waals surface area (Å²) in [5, 5.41) is 11.1. The highest BCUT2D eigenvalue weighted by Gasteiger charge is 1.92. The molecule has 0 amide bonds. The van der Waals surface area contributed by atoms with Crippen molar-refractivity contribution in [1.82, 2.24) is 58.8 Å². The first-order chi connectivity index (χ1) is 56.8. The molecular weight excluding hydrogens is 1500 g/mol. The molecule has 1 aliphatic heterocycles. The lowest BCUT2D eigenvalue weighted by Gasteiger charge is -2.03. The number of aromatic nitrogens is 12. The van der Waals surface area contributed by atoms with Crippen LogP contribution in [0.2, 0.25) is 0 Å². The Balaban J connectivity index is -0.0000000764. The van der Waals surface area contributed by atoms with Gasteiger partial charge in [0.15, 0.2) is 0 Å². The summed E-state index contributed by atoms with van der Waals surface area (Å²) in [6.45, 7) is 113. The van der Waals surface area contributed by atoms with Crippen molar-refractivity contribution in [2.24, 2.45) is 99.7 Å². The molecule has 1 aliphatic carbocycles. The third-order valence-corrected chi connectivity index (χ3v) is 6.78. The van der Waals surface area contributed by atoms with E-state index in [1.165, 1.54) is 6.33 Å². The average Bonchev–Trinajstić information content (AvgIpc) is 1.75. The van der Waals surface area contributed by atoms with Gasteiger partial charge in [-0.1, -0.05) is 375 Å². The molecular formula is C110H215N13. The summed E-state index contributed by atoms with van der Waals surface area (Å²) in [5.74, 6) is 13.3. The Kier molecular flexibility index (Phi) is 155. The van der Waals surface area contributed by atoms with E-state index in [4.69, 9.17) is 0 Å². The molecule has 0 fully saturated rings. The highest BCUT2D eigenvalue weighted by molar-refractivity contribution is 5.73. The molecule has 0 aromatic carbocycles. The maximum absolute atomic E-state index is 4.08. The molecule has 720 valence electrons. The molecule has 13 heteroatoms. The van der Waals surface area contributed by atoms with Crippen LogP contribution in [-0.4, -0.2) is 71.6 Å². The molecule has 0 radical (unpaired) electrons. The second-order valence-corrected chi connectivity index (χ2v) is 39.7. The van der Waals surface area contributed by atoms with Gasteiger partial charge in [0.05, 0.1) is 6.54 Å². The number of hydrogen-bond donors (Lipinski definition) is 0. The number of imidazole rings is 1. The SMILES string of the molecule is C1=CCC=C1.C1=CCN=C1.CC(C)C.CC(C)C.CC(C)C.CC(C)C.CC(C)C.CC(C)C.CC(C)C.CC(C)C.CC(C)C.CC(C)C.CC(C)C.CC(C)C.CC(C)C.CC(C)C.CC(C)C.CC(C)C.CC(C)n1cccc1.CC(C)n1cccn1.c1ccn2ccnc2c1.c1ccncc1.c1ccnnc1.c1cnccn1.c1cncnc1. The van der Waals surface area contributed by atoms with Gasteiger partial charge in [0.2, 0.25) is 0 Å². The number of fused-ring (bicyclic) bond motifs is 1. The van der Waals surface area contributed by atoms with Crippen LogP contribution in [0.3, 0.4) is 0 Å². The predicted molar refractivity (Wildman–Crippen MR) is 567 cm³/mol. The van der Waals surface area contributed by atoms with Gasteiger partial charge in [-0.05, 0) is 196 Å². The van der Waals surface area contributed by atoms with Crippen molar-refractivity contribution in [1.29, 1.82) is 0 Å². The van der Waals surface area contributed by atoms with E-state index in [1.54, 1.807) is 86.6 Å². The topological polar surface area (TPSA) is 143 Å². The summed E-state index contributed by atoms with van der Waals surface area (Å²) < 4.78 is 6.06. The van der Waals surface area contributed by atoms with Crippen molar-refractivity contribution in [3.63, 3.8) is 0 Å². The largest absolute Gasteiger partial charge is 0.352 e. The van der Waals surface area contributed by atoms with E-state index in [-0.39, 0.29) is 0 Å². The van der Waals surface area contributed by atoms with Gasteiger partial charge in [0, 0.05) is 124 Å². The Hall–Kier alpha value is -7.54. The molecule has 123 heavy (non-hydrogen) atoms. The standard InChI is InChI=1S/C7H6N2.C7H11N.C6H10N2.C5H5N.C5H6.3C4H4N2.C4H5N.16C4H10/c1-2-5-9-6-4-8-7(9)3-1;1-7(2)8-5-3-4-6-8;1-6(2)8-5-3-4-7-8;1-2-4-6-5-3-1;1-2-4-5-3-1;1-2-6-4-3-5-1;1-2-5-4-6-3-1;1-2-4-6-5-3-1;1-2-4-5-3-1;16*1-4(2)3/h1-6H;3-7H,1-2H3;3-6H,1-2H3;1-5H;1-4H,5H2;3*1-4H;1-3H,4H2;16*4H,1-3H3. The first-order valence-corrected chi connectivity index (χ1v) is 46.7. The zero-order valence-electron chi connectivity index (χ0n) is 91.5. The van der Waals surface area contributed by atoms with Gasteiger partial charge in [0.1, 0.15) is 12.0 Å². The number of hydrogen-bond acceptors (Lipinski definition) is 10. The second kappa shape index (κ2) is 128. The maximum Gasteiger partial charge on any atom is 0.136 e. The van der Waals surface area contributed by atoms with Gasteiger partial charge < -0.3 is 8.97 Å². The molecule has 0 bridgehead atoms. The second-order valence-electron chi connectivity index (χ2n) is 39.7. The molecule has 0 N–H and O–H groups in total. The monoisotopic (exact) mass is 1720 g/mol. The van der Waals surface area contributed by atoms with Gasteiger partial charge in [-0.15, -0.1) is 0 Å².